The highest BCUT2D eigenvalue weighted by atomic mass is 16.1. The smallest absolute Gasteiger partial charge is 0.248 e. The first kappa shape index (κ1) is 22.4. The molecule has 2 aromatic rings. The molecule has 0 fully saturated rings. The summed E-state index contributed by atoms with van der Waals surface area (Å²) >= 11 is 0. The van der Waals surface area contributed by atoms with Gasteiger partial charge in [-0.05, 0) is 49.2 Å². The fourth-order valence-electron chi connectivity index (χ4n) is 2.54. The van der Waals surface area contributed by atoms with Crippen LogP contribution in [0.5, 0.6) is 0 Å². The summed E-state index contributed by atoms with van der Waals surface area (Å²) in [6.45, 7) is 5.18. The first-order valence-electron chi connectivity index (χ1n) is 8.64. The Bertz CT molecular complexity index is 826. The zero-order chi connectivity index (χ0) is 21.1. The molecule has 2 aromatic carbocycles. The van der Waals surface area contributed by atoms with E-state index in [0.717, 1.165) is 28.2 Å². The van der Waals surface area contributed by atoms with Crippen LogP contribution in [0.1, 0.15) is 21.5 Å². The number of benzene rings is 2. The molecule has 2 rings (SSSR count). The van der Waals surface area contributed by atoms with E-state index in [0.29, 0.717) is 24.3 Å². The summed E-state index contributed by atoms with van der Waals surface area (Å²) in [5.41, 5.74) is 26.8. The number of hydrogen-bond acceptors (Lipinski definition) is 6. The van der Waals surface area contributed by atoms with Crippen molar-refractivity contribution in [2.24, 2.45) is 11.5 Å². The Balaban J connectivity index is 0.00000122. The first-order chi connectivity index (χ1) is 13.3. The summed E-state index contributed by atoms with van der Waals surface area (Å²) in [5, 5.41) is 6.51. The van der Waals surface area contributed by atoms with Crippen molar-refractivity contribution in [1.82, 2.24) is 0 Å². The van der Waals surface area contributed by atoms with E-state index in [1.54, 1.807) is 12.1 Å². The van der Waals surface area contributed by atoms with Crippen LogP contribution in [0.3, 0.4) is 0 Å². The summed E-state index contributed by atoms with van der Waals surface area (Å²) in [4.78, 5) is 19.8. The average Bonchev–Trinajstić information content (AvgIpc) is 2.61. The maximum absolute atomic E-state index is 11.2. The molecule has 0 atom stereocenters. The van der Waals surface area contributed by atoms with Crippen molar-refractivity contribution in [3.05, 3.63) is 59.2 Å². The topological polar surface area (TPSA) is 162 Å². The third-order valence-electron chi connectivity index (χ3n) is 3.83. The predicted octanol–water partition coefficient (Wildman–Crippen LogP) is 1.75. The molecule has 0 bridgehead atoms. The molecule has 10 N–H and O–H groups in total. The fourth-order valence-corrected chi connectivity index (χ4v) is 2.54. The van der Waals surface area contributed by atoms with Gasteiger partial charge >= 0.3 is 0 Å². The van der Waals surface area contributed by atoms with E-state index in [-0.39, 0.29) is 6.41 Å². The summed E-state index contributed by atoms with van der Waals surface area (Å²) in [6, 6.07) is 9.25. The van der Waals surface area contributed by atoms with Gasteiger partial charge in [0.15, 0.2) is 0 Å². The molecule has 28 heavy (non-hydrogen) atoms. The van der Waals surface area contributed by atoms with Crippen LogP contribution in [0, 0.1) is 13.8 Å². The standard InChI is InChI=1S/C19H25N5O.CH3NO/c1-12-5-6-17(15(20)9-12)23-7-3-4-8-24-18-13(2)10-14(19(22)25)11-16(18)21;2-1-3/h3-6,9-11,23-24H,7-8,20-21H2,1-2H3,(H2,22,25);1H,(H2,2,3)/b4-3+;. The van der Waals surface area contributed by atoms with Crippen LogP contribution < -0.4 is 33.6 Å². The van der Waals surface area contributed by atoms with Crippen LogP contribution in [0.2, 0.25) is 0 Å². The summed E-state index contributed by atoms with van der Waals surface area (Å²) in [7, 11) is 0. The minimum Gasteiger partial charge on any atom is -0.397 e. The van der Waals surface area contributed by atoms with Crippen molar-refractivity contribution in [1.29, 1.82) is 0 Å². The summed E-state index contributed by atoms with van der Waals surface area (Å²) in [6.07, 6.45) is 4.26. The summed E-state index contributed by atoms with van der Waals surface area (Å²) < 4.78 is 0. The highest BCUT2D eigenvalue weighted by Gasteiger charge is 2.08. The van der Waals surface area contributed by atoms with Gasteiger partial charge in [-0.1, -0.05) is 18.2 Å². The molecular formula is C20H28N6O2. The van der Waals surface area contributed by atoms with Crippen LogP contribution in [0.25, 0.3) is 0 Å². The van der Waals surface area contributed by atoms with Crippen molar-refractivity contribution in [3.63, 3.8) is 0 Å². The molecule has 2 amide bonds. The van der Waals surface area contributed by atoms with Crippen molar-refractivity contribution >= 4 is 35.1 Å². The van der Waals surface area contributed by atoms with Crippen LogP contribution in [-0.2, 0) is 4.79 Å². The van der Waals surface area contributed by atoms with E-state index in [9.17, 15) is 4.79 Å². The molecule has 0 saturated heterocycles. The van der Waals surface area contributed by atoms with Gasteiger partial charge in [0.1, 0.15) is 0 Å². The average molecular weight is 384 g/mol. The number of hydrogen-bond donors (Lipinski definition) is 6. The number of amides is 2. The number of nitrogen functional groups attached to an aromatic ring is 2. The third kappa shape index (κ3) is 6.91. The molecule has 0 saturated carbocycles. The maximum atomic E-state index is 11.2. The van der Waals surface area contributed by atoms with E-state index in [1.807, 2.05) is 44.2 Å². The third-order valence-corrected chi connectivity index (χ3v) is 3.83. The predicted molar refractivity (Wildman–Crippen MR) is 116 cm³/mol. The molecule has 8 heteroatoms. The molecule has 0 radical (unpaired) electrons. The van der Waals surface area contributed by atoms with Crippen LogP contribution in [0.15, 0.2) is 42.5 Å². The molecule has 8 nitrogen and oxygen atoms in total. The molecule has 0 aliphatic carbocycles. The van der Waals surface area contributed by atoms with Crippen LogP contribution >= 0.6 is 0 Å². The number of anilines is 4. The molecule has 0 aliphatic heterocycles. The second kappa shape index (κ2) is 11.1. The van der Waals surface area contributed by atoms with Gasteiger partial charge in [-0.3, -0.25) is 9.59 Å². The van der Waals surface area contributed by atoms with Crippen molar-refractivity contribution < 1.29 is 9.59 Å². The highest BCUT2D eigenvalue weighted by molar-refractivity contribution is 5.95. The monoisotopic (exact) mass is 384 g/mol. The lowest BCUT2D eigenvalue weighted by atomic mass is 10.1. The van der Waals surface area contributed by atoms with Crippen molar-refractivity contribution in [2.45, 2.75) is 13.8 Å². The minimum absolute atomic E-state index is 0.250. The normalized spacial score (nSPS) is 10.1. The number of primary amides is 2. The Morgan fingerprint density at radius 2 is 1.61 bits per heavy atom. The molecular weight excluding hydrogens is 356 g/mol. The van der Waals surface area contributed by atoms with Crippen LogP contribution in [0.4, 0.5) is 22.7 Å². The number of nitrogens with two attached hydrogens (primary N) is 4. The number of aryl methyl sites for hydroxylation is 2. The zero-order valence-corrected chi connectivity index (χ0v) is 16.2. The fraction of sp³-hybridized carbons (Fsp3) is 0.200. The quantitative estimate of drug-likeness (QED) is 0.242. The highest BCUT2D eigenvalue weighted by Crippen LogP contribution is 2.25. The Labute approximate surface area is 165 Å². The van der Waals surface area contributed by atoms with Gasteiger partial charge in [-0.25, -0.2) is 0 Å². The molecule has 0 heterocycles. The molecule has 0 aromatic heterocycles. The SMILES string of the molecule is Cc1ccc(NC/C=C/CNc2c(C)cc(C(N)=O)cc2N)c(N)c1.NC=O. The summed E-state index contributed by atoms with van der Waals surface area (Å²) in [5.74, 6) is -0.484. The largest absolute Gasteiger partial charge is 0.397 e. The molecule has 0 unspecified atom stereocenters. The van der Waals surface area contributed by atoms with Gasteiger partial charge in [-0.2, -0.15) is 0 Å². The number of carbonyl (C=O) groups is 2. The Hall–Kier alpha value is -3.68. The maximum Gasteiger partial charge on any atom is 0.248 e. The number of nitrogens with one attached hydrogen (secondary N) is 2. The Morgan fingerprint density at radius 3 is 2.14 bits per heavy atom. The van der Waals surface area contributed by atoms with Crippen LogP contribution in [-0.4, -0.2) is 25.4 Å². The molecule has 150 valence electrons. The van der Waals surface area contributed by atoms with Gasteiger partial charge in [0.05, 0.1) is 22.7 Å². The Kier molecular flexibility index (Phi) is 8.88. The van der Waals surface area contributed by atoms with E-state index in [1.165, 1.54) is 0 Å². The lowest BCUT2D eigenvalue weighted by Gasteiger charge is -2.12. The van der Waals surface area contributed by atoms with Gasteiger partial charge in [0.2, 0.25) is 12.3 Å². The van der Waals surface area contributed by atoms with Gasteiger partial charge in [0, 0.05) is 18.7 Å². The van der Waals surface area contributed by atoms with E-state index < -0.39 is 5.91 Å². The second-order valence-electron chi connectivity index (χ2n) is 6.08. The van der Waals surface area contributed by atoms with Gasteiger partial charge < -0.3 is 33.6 Å². The first-order valence-corrected chi connectivity index (χ1v) is 8.64. The zero-order valence-electron chi connectivity index (χ0n) is 16.2. The Morgan fingerprint density at radius 1 is 1.00 bits per heavy atom. The van der Waals surface area contributed by atoms with Gasteiger partial charge in [0.25, 0.3) is 0 Å². The van der Waals surface area contributed by atoms with Crippen molar-refractivity contribution in [3.8, 4) is 0 Å². The number of rotatable bonds is 7. The molecule has 0 spiro atoms. The van der Waals surface area contributed by atoms with E-state index in [2.05, 4.69) is 16.4 Å². The second-order valence-corrected chi connectivity index (χ2v) is 6.08. The lowest BCUT2D eigenvalue weighted by molar-refractivity contribution is -0.106. The van der Waals surface area contributed by atoms with E-state index in [4.69, 9.17) is 22.0 Å². The molecule has 0 aliphatic rings. The minimum atomic E-state index is -0.484. The van der Waals surface area contributed by atoms with E-state index >= 15 is 0 Å². The lowest BCUT2D eigenvalue weighted by Crippen LogP contribution is -2.13. The number of carbonyl (C=O) groups excluding carboxylic acids is 2. The van der Waals surface area contributed by atoms with Gasteiger partial charge in [-0.15, -0.1) is 0 Å². The van der Waals surface area contributed by atoms with Crippen molar-refractivity contribution in [2.75, 3.05) is 35.2 Å².